The van der Waals surface area contributed by atoms with Crippen LogP contribution in [-0.2, 0) is 12.6 Å². The zero-order valence-electron chi connectivity index (χ0n) is 15.8. The number of carbonyl (C=O) groups excluding carboxylic acids is 1. The van der Waals surface area contributed by atoms with Gasteiger partial charge in [-0.1, -0.05) is 6.07 Å². The van der Waals surface area contributed by atoms with E-state index < -0.39 is 17.6 Å². The fourth-order valence-electron chi connectivity index (χ4n) is 3.43. The quantitative estimate of drug-likeness (QED) is 0.607. The fourth-order valence-corrected chi connectivity index (χ4v) is 3.90. The van der Waals surface area contributed by atoms with Gasteiger partial charge in [0.25, 0.3) is 5.91 Å². The highest BCUT2D eigenvalue weighted by Gasteiger charge is 2.33. The first-order chi connectivity index (χ1) is 14.3. The van der Waals surface area contributed by atoms with Crippen LogP contribution in [0, 0.1) is 0 Å². The second-order valence-corrected chi connectivity index (χ2v) is 7.42. The lowest BCUT2D eigenvalue weighted by atomic mass is 10.0. The summed E-state index contributed by atoms with van der Waals surface area (Å²) in [5.41, 5.74) is 1.43. The Kier molecular flexibility index (Phi) is 5.33. The summed E-state index contributed by atoms with van der Waals surface area (Å²) < 4.78 is 48.1. The molecule has 1 atom stereocenters. The number of benzene rings is 1. The number of carbonyl (C=O) groups is 1. The Hall–Kier alpha value is -3.14. The maximum Gasteiger partial charge on any atom is 0.416 e. The van der Waals surface area contributed by atoms with Crippen LogP contribution < -0.4 is 15.4 Å². The molecule has 0 saturated heterocycles. The minimum Gasteiger partial charge on any atom is -0.494 e. The van der Waals surface area contributed by atoms with Gasteiger partial charge in [-0.3, -0.25) is 4.79 Å². The third-order valence-electron chi connectivity index (χ3n) is 4.85. The van der Waals surface area contributed by atoms with Gasteiger partial charge in [0.15, 0.2) is 5.69 Å². The molecule has 1 aliphatic carbocycles. The van der Waals surface area contributed by atoms with Crippen LogP contribution >= 0.6 is 11.5 Å². The van der Waals surface area contributed by atoms with E-state index in [9.17, 15) is 18.0 Å². The van der Waals surface area contributed by atoms with Crippen LogP contribution in [0.3, 0.4) is 0 Å². The third-order valence-corrected chi connectivity index (χ3v) is 5.44. The van der Waals surface area contributed by atoms with Gasteiger partial charge >= 0.3 is 6.18 Å². The highest BCUT2D eigenvalue weighted by atomic mass is 32.1. The SMILES string of the molecule is COc1ccc(Nc2cnsc2)nc1C(=O)NC1CCc2cc(C(F)(F)F)ccc21. The number of rotatable bonds is 5. The van der Waals surface area contributed by atoms with Crippen molar-refractivity contribution in [1.82, 2.24) is 14.7 Å². The van der Waals surface area contributed by atoms with E-state index in [0.717, 1.165) is 17.8 Å². The number of aromatic nitrogens is 2. The van der Waals surface area contributed by atoms with Gasteiger partial charge in [0, 0.05) is 5.38 Å². The van der Waals surface area contributed by atoms with Crippen LogP contribution in [0.4, 0.5) is 24.7 Å². The Morgan fingerprint density at radius 3 is 2.80 bits per heavy atom. The summed E-state index contributed by atoms with van der Waals surface area (Å²) in [5, 5.41) is 7.73. The van der Waals surface area contributed by atoms with Crippen molar-refractivity contribution in [2.24, 2.45) is 0 Å². The Labute approximate surface area is 174 Å². The topological polar surface area (TPSA) is 76.1 Å². The Morgan fingerprint density at radius 2 is 2.10 bits per heavy atom. The largest absolute Gasteiger partial charge is 0.494 e. The molecule has 3 aromatic rings. The summed E-state index contributed by atoms with van der Waals surface area (Å²) in [5.74, 6) is 0.284. The number of amides is 1. The van der Waals surface area contributed by atoms with E-state index in [0.29, 0.717) is 35.5 Å². The van der Waals surface area contributed by atoms with E-state index in [1.54, 1.807) is 23.7 Å². The van der Waals surface area contributed by atoms with Crippen molar-refractivity contribution in [2.45, 2.75) is 25.1 Å². The zero-order valence-corrected chi connectivity index (χ0v) is 16.6. The molecular weight excluding hydrogens is 417 g/mol. The summed E-state index contributed by atoms with van der Waals surface area (Å²) in [6.45, 7) is 0. The Balaban J connectivity index is 1.55. The fraction of sp³-hybridized carbons (Fsp3) is 0.250. The first-order valence-electron chi connectivity index (χ1n) is 9.07. The van der Waals surface area contributed by atoms with Crippen molar-refractivity contribution in [3.8, 4) is 5.75 Å². The number of pyridine rings is 1. The first-order valence-corrected chi connectivity index (χ1v) is 9.91. The second-order valence-electron chi connectivity index (χ2n) is 6.76. The lowest BCUT2D eigenvalue weighted by molar-refractivity contribution is -0.137. The van der Waals surface area contributed by atoms with Gasteiger partial charge in [0.2, 0.25) is 0 Å². The molecule has 1 amide bonds. The number of alkyl halides is 3. The van der Waals surface area contributed by atoms with Crippen molar-refractivity contribution < 1.29 is 22.7 Å². The standard InChI is InChI=1S/C20H17F3N4O2S/c1-29-16-6-7-17(25-13-9-24-30-10-13)27-18(16)19(28)26-15-5-2-11-8-12(20(21,22)23)3-4-14(11)15/h3-4,6-10,15H,2,5H2,1H3,(H,25,27)(H,26,28). The monoisotopic (exact) mass is 434 g/mol. The highest BCUT2D eigenvalue weighted by molar-refractivity contribution is 7.04. The number of hydrogen-bond acceptors (Lipinski definition) is 6. The van der Waals surface area contributed by atoms with Gasteiger partial charge in [0.05, 0.1) is 30.6 Å². The van der Waals surface area contributed by atoms with Gasteiger partial charge in [-0.15, -0.1) is 0 Å². The molecule has 156 valence electrons. The number of aryl methyl sites for hydroxylation is 1. The summed E-state index contributed by atoms with van der Waals surface area (Å²) in [7, 11) is 1.44. The van der Waals surface area contributed by atoms with Gasteiger partial charge < -0.3 is 15.4 Å². The number of halogens is 3. The maximum absolute atomic E-state index is 12.9. The number of nitrogens with zero attached hydrogens (tertiary/aromatic N) is 2. The van der Waals surface area contributed by atoms with E-state index >= 15 is 0 Å². The predicted octanol–water partition coefficient (Wildman–Crippen LogP) is 4.73. The Bertz CT molecular complexity index is 1070. The van der Waals surface area contributed by atoms with Crippen molar-refractivity contribution in [3.63, 3.8) is 0 Å². The number of nitrogens with one attached hydrogen (secondary N) is 2. The lowest BCUT2D eigenvalue weighted by Crippen LogP contribution is -2.28. The molecule has 0 spiro atoms. The average Bonchev–Trinajstić information content (AvgIpc) is 3.37. The van der Waals surface area contributed by atoms with E-state index in [1.807, 2.05) is 0 Å². The summed E-state index contributed by atoms with van der Waals surface area (Å²) >= 11 is 1.28. The van der Waals surface area contributed by atoms with Crippen molar-refractivity contribution in [3.05, 3.63) is 64.3 Å². The predicted molar refractivity (Wildman–Crippen MR) is 106 cm³/mol. The molecule has 0 saturated carbocycles. The van der Waals surface area contributed by atoms with E-state index in [4.69, 9.17) is 4.74 Å². The number of ether oxygens (including phenoxy) is 1. The van der Waals surface area contributed by atoms with Crippen LogP contribution in [0.5, 0.6) is 5.75 Å². The molecule has 0 radical (unpaired) electrons. The zero-order chi connectivity index (χ0) is 21.3. The molecule has 1 aliphatic rings. The molecular formula is C20H17F3N4O2S. The molecule has 30 heavy (non-hydrogen) atoms. The van der Waals surface area contributed by atoms with Crippen LogP contribution in [-0.4, -0.2) is 22.4 Å². The molecule has 0 aliphatic heterocycles. The van der Waals surface area contributed by atoms with Gasteiger partial charge in [-0.25, -0.2) is 4.98 Å². The summed E-state index contributed by atoms with van der Waals surface area (Å²) in [6, 6.07) is 6.54. The maximum atomic E-state index is 12.9. The van der Waals surface area contributed by atoms with Crippen molar-refractivity contribution >= 4 is 28.9 Å². The molecule has 10 heteroatoms. The normalized spacial score (nSPS) is 15.5. The minimum absolute atomic E-state index is 0.0889. The van der Waals surface area contributed by atoms with Crippen LogP contribution in [0.2, 0.25) is 0 Å². The van der Waals surface area contributed by atoms with Gasteiger partial charge in [-0.2, -0.15) is 17.5 Å². The van der Waals surface area contributed by atoms with Crippen molar-refractivity contribution in [1.29, 1.82) is 0 Å². The molecule has 4 rings (SSSR count). The molecule has 2 heterocycles. The summed E-state index contributed by atoms with van der Waals surface area (Å²) in [6.07, 6.45) is -1.77. The van der Waals surface area contributed by atoms with E-state index in [-0.39, 0.29) is 11.7 Å². The average molecular weight is 434 g/mol. The van der Waals surface area contributed by atoms with Crippen LogP contribution in [0.1, 0.15) is 39.6 Å². The number of hydrogen-bond donors (Lipinski definition) is 2. The van der Waals surface area contributed by atoms with Crippen molar-refractivity contribution in [2.75, 3.05) is 12.4 Å². The smallest absolute Gasteiger partial charge is 0.416 e. The third kappa shape index (κ3) is 4.09. The number of fused-ring (bicyclic) bond motifs is 1. The molecule has 1 unspecified atom stereocenters. The second kappa shape index (κ2) is 7.94. The van der Waals surface area contributed by atoms with E-state index in [1.165, 1.54) is 24.7 Å². The molecule has 6 nitrogen and oxygen atoms in total. The molecule has 0 fully saturated rings. The number of anilines is 2. The first kappa shape index (κ1) is 20.1. The van der Waals surface area contributed by atoms with Gasteiger partial charge in [0.1, 0.15) is 11.6 Å². The van der Waals surface area contributed by atoms with Gasteiger partial charge in [-0.05, 0) is 59.8 Å². The summed E-state index contributed by atoms with van der Waals surface area (Å²) in [4.78, 5) is 17.2. The minimum atomic E-state index is -4.39. The Morgan fingerprint density at radius 1 is 1.27 bits per heavy atom. The van der Waals surface area contributed by atoms with Crippen LogP contribution in [0.25, 0.3) is 0 Å². The van der Waals surface area contributed by atoms with E-state index in [2.05, 4.69) is 20.0 Å². The molecule has 1 aromatic carbocycles. The lowest BCUT2D eigenvalue weighted by Gasteiger charge is -2.16. The molecule has 2 N–H and O–H groups in total. The number of methoxy groups -OCH3 is 1. The highest BCUT2D eigenvalue weighted by Crippen LogP contribution is 2.37. The van der Waals surface area contributed by atoms with Crippen LogP contribution in [0.15, 0.2) is 41.9 Å². The molecule has 2 aromatic heterocycles. The molecule has 0 bridgehead atoms.